The van der Waals surface area contributed by atoms with Crippen LogP contribution in [0.3, 0.4) is 0 Å². The predicted octanol–water partition coefficient (Wildman–Crippen LogP) is 4.89. The Morgan fingerprint density at radius 1 is 1.17 bits per heavy atom. The van der Waals surface area contributed by atoms with Gasteiger partial charge in [-0.05, 0) is 49.7 Å². The van der Waals surface area contributed by atoms with Gasteiger partial charge in [0, 0.05) is 15.6 Å². The quantitative estimate of drug-likeness (QED) is 0.790. The number of carbonyl (C=O) groups excluding carboxylic acids is 1. The Kier molecular flexibility index (Phi) is 6.35. The van der Waals surface area contributed by atoms with Gasteiger partial charge in [0.05, 0.1) is 19.8 Å². The van der Waals surface area contributed by atoms with E-state index in [1.54, 1.807) is 36.4 Å². The molecule has 6 heteroatoms. The third-order valence-corrected chi connectivity index (χ3v) is 4.06. The van der Waals surface area contributed by atoms with Crippen molar-refractivity contribution < 1.29 is 14.3 Å². The molecular formula is C18H19Cl2NO3. The van der Waals surface area contributed by atoms with E-state index in [9.17, 15) is 4.79 Å². The third-order valence-electron chi connectivity index (χ3n) is 3.50. The molecular weight excluding hydrogens is 349 g/mol. The lowest BCUT2D eigenvalue weighted by Crippen LogP contribution is -2.26. The van der Waals surface area contributed by atoms with Crippen molar-refractivity contribution in [3.05, 3.63) is 57.6 Å². The van der Waals surface area contributed by atoms with E-state index in [4.69, 9.17) is 32.7 Å². The van der Waals surface area contributed by atoms with Gasteiger partial charge in [-0.25, -0.2) is 0 Å². The molecule has 0 radical (unpaired) electrons. The number of hydrogen-bond acceptors (Lipinski definition) is 3. The number of ether oxygens (including phenoxy) is 2. The summed E-state index contributed by atoms with van der Waals surface area (Å²) in [7, 11) is 1.54. The maximum atomic E-state index is 12.5. The third kappa shape index (κ3) is 4.34. The van der Waals surface area contributed by atoms with Crippen LogP contribution in [-0.4, -0.2) is 19.6 Å². The maximum Gasteiger partial charge on any atom is 0.251 e. The lowest BCUT2D eigenvalue weighted by molar-refractivity contribution is 0.0939. The number of amides is 1. The monoisotopic (exact) mass is 367 g/mol. The van der Waals surface area contributed by atoms with Crippen molar-refractivity contribution in [3.63, 3.8) is 0 Å². The first-order valence-electron chi connectivity index (χ1n) is 7.53. The van der Waals surface area contributed by atoms with E-state index in [-0.39, 0.29) is 11.9 Å². The highest BCUT2D eigenvalue weighted by atomic mass is 35.5. The number of benzene rings is 2. The first kappa shape index (κ1) is 18.4. The molecule has 0 fully saturated rings. The zero-order chi connectivity index (χ0) is 17.7. The Morgan fingerprint density at radius 2 is 1.92 bits per heavy atom. The highest BCUT2D eigenvalue weighted by Crippen LogP contribution is 2.29. The van der Waals surface area contributed by atoms with Crippen LogP contribution in [0.2, 0.25) is 10.0 Å². The predicted molar refractivity (Wildman–Crippen MR) is 96.5 cm³/mol. The first-order valence-corrected chi connectivity index (χ1v) is 8.28. The van der Waals surface area contributed by atoms with Crippen molar-refractivity contribution in [2.45, 2.75) is 19.9 Å². The second-order valence-electron chi connectivity index (χ2n) is 5.16. The maximum absolute atomic E-state index is 12.5. The second kappa shape index (κ2) is 8.27. The zero-order valence-corrected chi connectivity index (χ0v) is 15.2. The van der Waals surface area contributed by atoms with Crippen LogP contribution in [0.25, 0.3) is 0 Å². The van der Waals surface area contributed by atoms with Crippen LogP contribution in [0, 0.1) is 0 Å². The molecule has 0 saturated heterocycles. The van der Waals surface area contributed by atoms with E-state index in [0.29, 0.717) is 33.7 Å². The van der Waals surface area contributed by atoms with Crippen LogP contribution in [0.1, 0.15) is 35.8 Å². The van der Waals surface area contributed by atoms with Crippen molar-refractivity contribution in [2.24, 2.45) is 0 Å². The number of nitrogens with one attached hydrogen (secondary N) is 1. The first-order chi connectivity index (χ1) is 11.5. The van der Waals surface area contributed by atoms with Gasteiger partial charge in [-0.2, -0.15) is 0 Å². The number of halogens is 2. The van der Waals surface area contributed by atoms with Crippen LogP contribution in [0.5, 0.6) is 11.5 Å². The molecule has 24 heavy (non-hydrogen) atoms. The van der Waals surface area contributed by atoms with Gasteiger partial charge < -0.3 is 14.8 Å². The summed E-state index contributed by atoms with van der Waals surface area (Å²) in [6.07, 6.45) is 0. The Hall–Kier alpha value is -1.91. The summed E-state index contributed by atoms with van der Waals surface area (Å²) in [5.41, 5.74) is 1.28. The van der Waals surface area contributed by atoms with Crippen molar-refractivity contribution >= 4 is 29.1 Å². The molecule has 0 aliphatic rings. The largest absolute Gasteiger partial charge is 0.493 e. The van der Waals surface area contributed by atoms with Gasteiger partial charge in [0.2, 0.25) is 0 Å². The summed E-state index contributed by atoms with van der Waals surface area (Å²) < 4.78 is 10.7. The van der Waals surface area contributed by atoms with E-state index in [2.05, 4.69) is 5.32 Å². The fourth-order valence-electron chi connectivity index (χ4n) is 2.29. The van der Waals surface area contributed by atoms with Crippen LogP contribution in [-0.2, 0) is 0 Å². The fourth-order valence-corrected chi connectivity index (χ4v) is 2.87. The molecule has 128 valence electrons. The van der Waals surface area contributed by atoms with Gasteiger partial charge in [-0.3, -0.25) is 4.79 Å². The Morgan fingerprint density at radius 3 is 2.54 bits per heavy atom. The number of hydrogen-bond donors (Lipinski definition) is 1. The van der Waals surface area contributed by atoms with Crippen molar-refractivity contribution in [1.82, 2.24) is 5.32 Å². The highest BCUT2D eigenvalue weighted by molar-refractivity contribution is 6.35. The van der Waals surface area contributed by atoms with Crippen LogP contribution < -0.4 is 14.8 Å². The zero-order valence-electron chi connectivity index (χ0n) is 13.7. The van der Waals surface area contributed by atoms with E-state index in [1.807, 2.05) is 13.8 Å². The lowest BCUT2D eigenvalue weighted by Gasteiger charge is -2.17. The molecule has 0 bridgehead atoms. The topological polar surface area (TPSA) is 47.6 Å². The van der Waals surface area contributed by atoms with Gasteiger partial charge >= 0.3 is 0 Å². The molecule has 0 aliphatic carbocycles. The van der Waals surface area contributed by atoms with E-state index in [0.717, 1.165) is 5.56 Å². The molecule has 1 amide bonds. The van der Waals surface area contributed by atoms with Crippen molar-refractivity contribution in [3.8, 4) is 11.5 Å². The molecule has 2 aromatic rings. The normalized spacial score (nSPS) is 11.7. The summed E-state index contributed by atoms with van der Waals surface area (Å²) in [5, 5.41) is 3.98. The minimum atomic E-state index is -0.264. The molecule has 0 unspecified atom stereocenters. The highest BCUT2D eigenvalue weighted by Gasteiger charge is 2.16. The summed E-state index contributed by atoms with van der Waals surface area (Å²) in [5.74, 6) is 0.891. The standard InChI is InChI=1S/C18H19Cl2NO3/c1-4-24-16-8-5-12(9-17(16)23-3)18(22)21-11(2)14-7-6-13(19)10-15(14)20/h5-11H,4H2,1-3H3,(H,21,22)/t11-/m1/s1. The summed E-state index contributed by atoms with van der Waals surface area (Å²) in [6, 6.07) is 9.99. The molecule has 0 heterocycles. The summed E-state index contributed by atoms with van der Waals surface area (Å²) in [6.45, 7) is 4.27. The van der Waals surface area contributed by atoms with Crippen LogP contribution >= 0.6 is 23.2 Å². The lowest BCUT2D eigenvalue weighted by atomic mass is 10.1. The molecule has 4 nitrogen and oxygen atoms in total. The van der Waals surface area contributed by atoms with E-state index in [1.165, 1.54) is 7.11 Å². The fraction of sp³-hybridized carbons (Fsp3) is 0.278. The average molecular weight is 368 g/mol. The number of carbonyl (C=O) groups is 1. The molecule has 0 spiro atoms. The molecule has 0 saturated carbocycles. The smallest absolute Gasteiger partial charge is 0.251 e. The van der Waals surface area contributed by atoms with Crippen molar-refractivity contribution in [1.29, 1.82) is 0 Å². The number of rotatable bonds is 6. The van der Waals surface area contributed by atoms with Gasteiger partial charge in [0.25, 0.3) is 5.91 Å². The van der Waals surface area contributed by atoms with Crippen molar-refractivity contribution in [2.75, 3.05) is 13.7 Å². The summed E-state index contributed by atoms with van der Waals surface area (Å²) in [4.78, 5) is 12.5. The Labute approximate surface area is 151 Å². The molecule has 2 rings (SSSR count). The van der Waals surface area contributed by atoms with E-state index >= 15 is 0 Å². The van der Waals surface area contributed by atoms with Crippen LogP contribution in [0.4, 0.5) is 0 Å². The van der Waals surface area contributed by atoms with Gasteiger partial charge in [-0.1, -0.05) is 29.3 Å². The number of methoxy groups -OCH3 is 1. The average Bonchev–Trinajstić information content (AvgIpc) is 2.55. The van der Waals surface area contributed by atoms with Crippen LogP contribution in [0.15, 0.2) is 36.4 Å². The van der Waals surface area contributed by atoms with Gasteiger partial charge in [0.1, 0.15) is 0 Å². The minimum Gasteiger partial charge on any atom is -0.493 e. The Balaban J connectivity index is 2.17. The van der Waals surface area contributed by atoms with Gasteiger partial charge in [-0.15, -0.1) is 0 Å². The molecule has 1 N–H and O–H groups in total. The molecule has 0 aromatic heterocycles. The summed E-state index contributed by atoms with van der Waals surface area (Å²) >= 11 is 12.1. The Bertz CT molecular complexity index is 734. The molecule has 2 aromatic carbocycles. The van der Waals surface area contributed by atoms with Gasteiger partial charge in [0.15, 0.2) is 11.5 Å². The molecule has 1 atom stereocenters. The second-order valence-corrected chi connectivity index (χ2v) is 6.00. The van der Waals surface area contributed by atoms with E-state index < -0.39 is 0 Å². The minimum absolute atomic E-state index is 0.227. The SMILES string of the molecule is CCOc1ccc(C(=O)N[C@H](C)c2ccc(Cl)cc2Cl)cc1OC. The molecule has 0 aliphatic heterocycles.